The molecule has 0 amide bonds. The lowest BCUT2D eigenvalue weighted by atomic mass is 10.2. The number of aromatic nitrogens is 2. The Morgan fingerprint density at radius 1 is 1.62 bits per heavy atom. The number of nitrogens with one attached hydrogen (secondary N) is 1. The van der Waals surface area contributed by atoms with Crippen molar-refractivity contribution in [2.24, 2.45) is 7.05 Å². The van der Waals surface area contributed by atoms with Gasteiger partial charge in [-0.15, -0.1) is 12.3 Å². The zero-order valence-corrected chi connectivity index (χ0v) is 11.6. The van der Waals surface area contributed by atoms with Crippen LogP contribution in [0.25, 0.3) is 0 Å². The van der Waals surface area contributed by atoms with Crippen molar-refractivity contribution in [1.82, 2.24) is 15.1 Å². The molecule has 0 bridgehead atoms. The number of hydrogen-bond acceptors (Lipinski definition) is 2. The van der Waals surface area contributed by atoms with Gasteiger partial charge in [-0.2, -0.15) is 5.10 Å². The first-order valence-corrected chi connectivity index (χ1v) is 6.26. The second-order valence-corrected chi connectivity index (χ2v) is 4.67. The SMILES string of the molecule is C#CCC(C)NCc1c(Br)c(CC)nn1C. The number of rotatable bonds is 5. The zero-order valence-electron chi connectivity index (χ0n) is 10.0. The summed E-state index contributed by atoms with van der Waals surface area (Å²) in [6.45, 7) is 4.98. The second kappa shape index (κ2) is 6.07. The highest BCUT2D eigenvalue weighted by Crippen LogP contribution is 2.21. The summed E-state index contributed by atoms with van der Waals surface area (Å²) in [5.74, 6) is 2.65. The maximum atomic E-state index is 5.27. The Morgan fingerprint density at radius 2 is 2.31 bits per heavy atom. The van der Waals surface area contributed by atoms with Gasteiger partial charge in [0.1, 0.15) is 0 Å². The van der Waals surface area contributed by atoms with Crippen LogP contribution >= 0.6 is 15.9 Å². The lowest BCUT2D eigenvalue weighted by molar-refractivity contribution is 0.535. The standard InChI is InChI=1S/C12H18BrN3/c1-5-7-9(3)14-8-11-12(13)10(6-2)15-16(11)4/h1,9,14H,6-8H2,2-4H3. The normalized spacial score (nSPS) is 12.4. The Kier molecular flexibility index (Phi) is 5.04. The van der Waals surface area contributed by atoms with Crippen molar-refractivity contribution in [1.29, 1.82) is 0 Å². The second-order valence-electron chi connectivity index (χ2n) is 3.87. The van der Waals surface area contributed by atoms with Crippen LogP contribution in [0.3, 0.4) is 0 Å². The Bertz CT molecular complexity index is 390. The summed E-state index contributed by atoms with van der Waals surface area (Å²) >= 11 is 3.59. The van der Waals surface area contributed by atoms with Crippen LogP contribution < -0.4 is 5.32 Å². The fourth-order valence-corrected chi connectivity index (χ4v) is 2.29. The van der Waals surface area contributed by atoms with Gasteiger partial charge in [-0.3, -0.25) is 4.68 Å². The first-order valence-electron chi connectivity index (χ1n) is 5.47. The van der Waals surface area contributed by atoms with Gasteiger partial charge in [-0.1, -0.05) is 6.92 Å². The van der Waals surface area contributed by atoms with Crippen molar-refractivity contribution in [3.05, 3.63) is 15.9 Å². The minimum absolute atomic E-state index is 0.330. The van der Waals surface area contributed by atoms with Crippen LogP contribution in [0.15, 0.2) is 4.47 Å². The number of halogens is 1. The van der Waals surface area contributed by atoms with E-state index < -0.39 is 0 Å². The van der Waals surface area contributed by atoms with Crippen molar-refractivity contribution >= 4 is 15.9 Å². The molecule has 3 nitrogen and oxygen atoms in total. The summed E-state index contributed by atoms with van der Waals surface area (Å²) in [4.78, 5) is 0. The molecule has 1 atom stereocenters. The van der Waals surface area contributed by atoms with Crippen LogP contribution in [0.2, 0.25) is 0 Å². The van der Waals surface area contributed by atoms with Gasteiger partial charge in [0.2, 0.25) is 0 Å². The van der Waals surface area contributed by atoms with Crippen molar-refractivity contribution < 1.29 is 0 Å². The van der Waals surface area contributed by atoms with E-state index >= 15 is 0 Å². The fraction of sp³-hybridized carbons (Fsp3) is 0.583. The van der Waals surface area contributed by atoms with E-state index in [9.17, 15) is 0 Å². The molecule has 0 aliphatic heterocycles. The van der Waals surface area contributed by atoms with E-state index in [-0.39, 0.29) is 0 Å². The van der Waals surface area contributed by atoms with E-state index in [0.29, 0.717) is 6.04 Å². The topological polar surface area (TPSA) is 29.9 Å². The number of nitrogens with zero attached hydrogens (tertiary/aromatic N) is 2. The van der Waals surface area contributed by atoms with Gasteiger partial charge < -0.3 is 5.32 Å². The van der Waals surface area contributed by atoms with Crippen LogP contribution in [0.5, 0.6) is 0 Å². The van der Waals surface area contributed by atoms with Crippen LogP contribution in [-0.4, -0.2) is 15.8 Å². The number of aryl methyl sites for hydroxylation is 2. The predicted molar refractivity (Wildman–Crippen MR) is 70.0 cm³/mol. The first-order chi connectivity index (χ1) is 7.60. The van der Waals surface area contributed by atoms with E-state index in [0.717, 1.165) is 29.6 Å². The summed E-state index contributed by atoms with van der Waals surface area (Å²) in [6, 6.07) is 0.330. The molecule has 1 N–H and O–H groups in total. The Balaban J connectivity index is 2.67. The summed E-state index contributed by atoms with van der Waals surface area (Å²) in [5.41, 5.74) is 2.27. The highest BCUT2D eigenvalue weighted by atomic mass is 79.9. The quantitative estimate of drug-likeness (QED) is 0.840. The molecule has 1 aromatic heterocycles. The maximum Gasteiger partial charge on any atom is 0.0767 e. The first kappa shape index (κ1) is 13.3. The molecule has 0 radical (unpaired) electrons. The Hall–Kier alpha value is -0.790. The molecular formula is C12H18BrN3. The maximum absolute atomic E-state index is 5.27. The Morgan fingerprint density at radius 3 is 2.81 bits per heavy atom. The predicted octanol–water partition coefficient (Wildman–Crippen LogP) is 2.25. The molecule has 16 heavy (non-hydrogen) atoms. The summed E-state index contributed by atoms with van der Waals surface area (Å²) in [6.07, 6.45) is 6.95. The van der Waals surface area contributed by atoms with Crippen molar-refractivity contribution in [3.8, 4) is 12.3 Å². The van der Waals surface area contributed by atoms with E-state index in [4.69, 9.17) is 6.42 Å². The molecule has 4 heteroatoms. The average Bonchev–Trinajstić information content (AvgIpc) is 2.52. The van der Waals surface area contributed by atoms with Gasteiger partial charge in [0, 0.05) is 26.1 Å². The lowest BCUT2D eigenvalue weighted by Crippen LogP contribution is -2.26. The third kappa shape index (κ3) is 3.10. The molecule has 1 aromatic rings. The number of hydrogen-bond donors (Lipinski definition) is 1. The summed E-state index contributed by atoms with van der Waals surface area (Å²) < 4.78 is 3.02. The van der Waals surface area contributed by atoms with Crippen molar-refractivity contribution in [2.45, 2.75) is 39.3 Å². The summed E-state index contributed by atoms with van der Waals surface area (Å²) in [7, 11) is 1.97. The van der Waals surface area contributed by atoms with Crippen LogP contribution in [0.4, 0.5) is 0 Å². The minimum atomic E-state index is 0.330. The van der Waals surface area contributed by atoms with E-state index in [1.54, 1.807) is 0 Å². The lowest BCUT2D eigenvalue weighted by Gasteiger charge is -2.11. The molecule has 0 aromatic carbocycles. The molecule has 1 unspecified atom stereocenters. The molecule has 0 fully saturated rings. The summed E-state index contributed by atoms with van der Waals surface area (Å²) in [5, 5.41) is 7.83. The smallest absolute Gasteiger partial charge is 0.0767 e. The van der Waals surface area contributed by atoms with Gasteiger partial charge in [0.15, 0.2) is 0 Å². The van der Waals surface area contributed by atoms with Gasteiger partial charge in [-0.25, -0.2) is 0 Å². The van der Waals surface area contributed by atoms with Gasteiger partial charge in [0.05, 0.1) is 15.9 Å². The van der Waals surface area contributed by atoms with Crippen LogP contribution in [-0.2, 0) is 20.0 Å². The molecule has 0 spiro atoms. The van der Waals surface area contributed by atoms with Crippen molar-refractivity contribution in [3.63, 3.8) is 0 Å². The average molecular weight is 284 g/mol. The number of terminal acetylenes is 1. The van der Waals surface area contributed by atoms with Crippen LogP contribution in [0.1, 0.15) is 31.7 Å². The van der Waals surface area contributed by atoms with Crippen LogP contribution in [0, 0.1) is 12.3 Å². The van der Waals surface area contributed by atoms with Gasteiger partial charge >= 0.3 is 0 Å². The van der Waals surface area contributed by atoms with E-state index in [2.05, 4.69) is 46.1 Å². The molecule has 0 saturated heterocycles. The molecule has 1 rings (SSSR count). The van der Waals surface area contributed by atoms with Gasteiger partial charge in [0.25, 0.3) is 0 Å². The third-order valence-electron chi connectivity index (χ3n) is 2.54. The molecule has 0 aliphatic rings. The molecule has 1 heterocycles. The fourth-order valence-electron chi connectivity index (χ4n) is 1.53. The highest BCUT2D eigenvalue weighted by molar-refractivity contribution is 9.10. The van der Waals surface area contributed by atoms with Gasteiger partial charge in [-0.05, 0) is 29.3 Å². The zero-order chi connectivity index (χ0) is 12.1. The third-order valence-corrected chi connectivity index (χ3v) is 3.46. The monoisotopic (exact) mass is 283 g/mol. The minimum Gasteiger partial charge on any atom is -0.308 e. The molecule has 0 saturated carbocycles. The molecular weight excluding hydrogens is 266 g/mol. The molecule has 88 valence electrons. The van der Waals surface area contributed by atoms with Crippen molar-refractivity contribution in [2.75, 3.05) is 0 Å². The largest absolute Gasteiger partial charge is 0.308 e. The molecule has 0 aliphatic carbocycles. The van der Waals surface area contributed by atoms with E-state index in [1.165, 1.54) is 5.69 Å². The highest BCUT2D eigenvalue weighted by Gasteiger charge is 2.12. The van der Waals surface area contributed by atoms with E-state index in [1.807, 2.05) is 11.7 Å². The Labute approximate surface area is 106 Å².